The van der Waals surface area contributed by atoms with Gasteiger partial charge in [-0.3, -0.25) is 0 Å². The molecule has 0 aromatic carbocycles. The van der Waals surface area contributed by atoms with Crippen molar-refractivity contribution in [3.8, 4) is 0 Å². The average molecular weight is 194 g/mol. The van der Waals surface area contributed by atoms with E-state index in [2.05, 4.69) is 28.9 Å². The van der Waals surface area contributed by atoms with Crippen molar-refractivity contribution >= 4 is 0 Å². The lowest BCUT2D eigenvalue weighted by Crippen LogP contribution is -2.28. The van der Waals surface area contributed by atoms with Crippen LogP contribution in [0.3, 0.4) is 0 Å². The smallest absolute Gasteiger partial charge is 0.136 e. The van der Waals surface area contributed by atoms with Crippen molar-refractivity contribution in [3.05, 3.63) is 12.2 Å². The van der Waals surface area contributed by atoms with E-state index in [4.69, 9.17) is 0 Å². The zero-order valence-corrected chi connectivity index (χ0v) is 9.14. The summed E-state index contributed by atoms with van der Waals surface area (Å²) in [6.07, 6.45) is 3.00. The maximum Gasteiger partial charge on any atom is 0.136 e. The molecule has 4 nitrogen and oxygen atoms in total. The van der Waals surface area contributed by atoms with Crippen molar-refractivity contribution in [3.63, 3.8) is 0 Å². The zero-order chi connectivity index (χ0) is 10.1. The van der Waals surface area contributed by atoms with Crippen molar-refractivity contribution in [2.75, 3.05) is 13.1 Å². The highest BCUT2D eigenvalue weighted by Crippen LogP contribution is 2.26. The molecule has 14 heavy (non-hydrogen) atoms. The van der Waals surface area contributed by atoms with E-state index < -0.39 is 0 Å². The Morgan fingerprint density at radius 2 is 2.29 bits per heavy atom. The highest BCUT2D eigenvalue weighted by Gasteiger charge is 2.27. The molecule has 0 bridgehead atoms. The SMILES string of the molecule is CC(C)N1CCC(c2nncn2C)C1. The van der Waals surface area contributed by atoms with Crippen LogP contribution >= 0.6 is 0 Å². The van der Waals surface area contributed by atoms with Crippen molar-refractivity contribution in [2.45, 2.75) is 32.2 Å². The van der Waals surface area contributed by atoms with E-state index >= 15 is 0 Å². The van der Waals surface area contributed by atoms with Gasteiger partial charge in [-0.2, -0.15) is 0 Å². The fourth-order valence-corrected chi connectivity index (χ4v) is 2.13. The molecule has 4 heteroatoms. The van der Waals surface area contributed by atoms with Crippen LogP contribution in [0.15, 0.2) is 6.33 Å². The Hall–Kier alpha value is -0.900. The lowest BCUT2D eigenvalue weighted by molar-refractivity contribution is 0.271. The summed E-state index contributed by atoms with van der Waals surface area (Å²) in [6.45, 7) is 6.82. The Kier molecular flexibility index (Phi) is 2.54. The topological polar surface area (TPSA) is 34.0 Å². The highest BCUT2D eigenvalue weighted by molar-refractivity contribution is 5.01. The number of nitrogens with zero attached hydrogens (tertiary/aromatic N) is 4. The van der Waals surface area contributed by atoms with Gasteiger partial charge in [-0.05, 0) is 26.8 Å². The van der Waals surface area contributed by atoms with Crippen LogP contribution in [-0.4, -0.2) is 38.8 Å². The van der Waals surface area contributed by atoms with E-state index in [1.165, 1.54) is 13.0 Å². The molecule has 0 radical (unpaired) electrons. The van der Waals surface area contributed by atoms with Crippen molar-refractivity contribution in [1.82, 2.24) is 19.7 Å². The van der Waals surface area contributed by atoms with Crippen molar-refractivity contribution < 1.29 is 0 Å². The quantitative estimate of drug-likeness (QED) is 0.704. The predicted octanol–water partition coefficient (Wildman–Crippen LogP) is 1.01. The van der Waals surface area contributed by atoms with Crippen molar-refractivity contribution in [2.24, 2.45) is 7.05 Å². The van der Waals surface area contributed by atoms with Crippen LogP contribution in [0.1, 0.15) is 32.0 Å². The number of aryl methyl sites for hydroxylation is 1. The summed E-state index contributed by atoms with van der Waals surface area (Å²) < 4.78 is 2.04. The fourth-order valence-electron chi connectivity index (χ4n) is 2.13. The first-order valence-electron chi connectivity index (χ1n) is 5.26. The largest absolute Gasteiger partial charge is 0.320 e. The van der Waals surface area contributed by atoms with Gasteiger partial charge in [0.1, 0.15) is 12.2 Å². The third-order valence-electron chi connectivity index (χ3n) is 3.06. The molecule has 0 saturated carbocycles. The standard InChI is InChI=1S/C10H18N4/c1-8(2)14-5-4-9(6-14)10-12-11-7-13(10)3/h7-9H,4-6H2,1-3H3. The van der Waals surface area contributed by atoms with E-state index in [0.717, 1.165) is 12.4 Å². The molecular weight excluding hydrogens is 176 g/mol. The number of likely N-dealkylation sites (tertiary alicyclic amines) is 1. The van der Waals surface area contributed by atoms with E-state index in [-0.39, 0.29) is 0 Å². The third-order valence-corrected chi connectivity index (χ3v) is 3.06. The summed E-state index contributed by atoms with van der Waals surface area (Å²) in [7, 11) is 2.02. The van der Waals surface area contributed by atoms with E-state index in [0.29, 0.717) is 12.0 Å². The van der Waals surface area contributed by atoms with Gasteiger partial charge < -0.3 is 9.47 Å². The van der Waals surface area contributed by atoms with Gasteiger partial charge in [0.05, 0.1) is 0 Å². The minimum atomic E-state index is 0.574. The summed E-state index contributed by atoms with van der Waals surface area (Å²) in [6, 6.07) is 0.647. The fraction of sp³-hybridized carbons (Fsp3) is 0.800. The molecule has 1 aromatic heterocycles. The van der Waals surface area contributed by atoms with Crippen LogP contribution in [0, 0.1) is 0 Å². The second-order valence-corrected chi connectivity index (χ2v) is 4.37. The number of rotatable bonds is 2. The Morgan fingerprint density at radius 3 is 2.79 bits per heavy atom. The molecule has 1 unspecified atom stereocenters. The first-order valence-corrected chi connectivity index (χ1v) is 5.26. The molecule has 1 aliphatic rings. The number of hydrogen-bond donors (Lipinski definition) is 0. The van der Waals surface area contributed by atoms with E-state index in [1.807, 2.05) is 11.6 Å². The molecule has 1 fully saturated rings. The molecule has 0 amide bonds. The van der Waals surface area contributed by atoms with E-state index in [9.17, 15) is 0 Å². The van der Waals surface area contributed by atoms with Gasteiger partial charge in [-0.15, -0.1) is 10.2 Å². The minimum Gasteiger partial charge on any atom is -0.320 e. The molecule has 2 heterocycles. The number of hydrogen-bond acceptors (Lipinski definition) is 3. The van der Waals surface area contributed by atoms with Crippen molar-refractivity contribution in [1.29, 1.82) is 0 Å². The predicted molar refractivity (Wildman–Crippen MR) is 55.1 cm³/mol. The van der Waals surface area contributed by atoms with Gasteiger partial charge in [0, 0.05) is 25.6 Å². The minimum absolute atomic E-state index is 0.574. The zero-order valence-electron chi connectivity index (χ0n) is 9.14. The van der Waals surface area contributed by atoms with Gasteiger partial charge in [0.15, 0.2) is 0 Å². The van der Waals surface area contributed by atoms with Gasteiger partial charge in [0.25, 0.3) is 0 Å². The summed E-state index contributed by atoms with van der Waals surface area (Å²) in [5.41, 5.74) is 0. The molecule has 0 spiro atoms. The van der Waals surface area contributed by atoms with Gasteiger partial charge in [-0.1, -0.05) is 0 Å². The monoisotopic (exact) mass is 194 g/mol. The second kappa shape index (κ2) is 3.69. The summed E-state index contributed by atoms with van der Waals surface area (Å²) in [5, 5.41) is 8.11. The molecule has 1 atom stereocenters. The molecule has 0 N–H and O–H groups in total. The normalized spacial score (nSPS) is 23.6. The third kappa shape index (κ3) is 1.66. The maximum absolute atomic E-state index is 4.18. The second-order valence-electron chi connectivity index (χ2n) is 4.37. The van der Waals surface area contributed by atoms with Crippen LogP contribution in [0.25, 0.3) is 0 Å². The molecule has 1 aromatic rings. The lowest BCUT2D eigenvalue weighted by atomic mass is 10.1. The molecule has 78 valence electrons. The molecule has 1 aliphatic heterocycles. The molecule has 0 aliphatic carbocycles. The molecule has 1 saturated heterocycles. The summed E-state index contributed by atoms with van der Waals surface area (Å²) in [4.78, 5) is 2.50. The first-order chi connectivity index (χ1) is 6.68. The van der Waals surface area contributed by atoms with Gasteiger partial charge in [0.2, 0.25) is 0 Å². The summed E-state index contributed by atoms with van der Waals surface area (Å²) in [5.74, 6) is 1.71. The Bertz CT molecular complexity index is 305. The van der Waals surface area contributed by atoms with Crippen LogP contribution in [0.4, 0.5) is 0 Å². The average Bonchev–Trinajstić information content (AvgIpc) is 2.71. The highest BCUT2D eigenvalue weighted by atomic mass is 15.3. The van der Waals surface area contributed by atoms with Gasteiger partial charge in [-0.25, -0.2) is 0 Å². The first kappa shape index (κ1) is 9.65. The Labute approximate surface area is 84.9 Å². The van der Waals surface area contributed by atoms with Crippen LogP contribution in [0.5, 0.6) is 0 Å². The number of aromatic nitrogens is 3. The molecule has 2 rings (SSSR count). The van der Waals surface area contributed by atoms with Crippen LogP contribution in [0.2, 0.25) is 0 Å². The lowest BCUT2D eigenvalue weighted by Gasteiger charge is -2.19. The Balaban J connectivity index is 2.06. The summed E-state index contributed by atoms with van der Waals surface area (Å²) >= 11 is 0. The van der Waals surface area contributed by atoms with Crippen LogP contribution < -0.4 is 0 Å². The molecular formula is C10H18N4. The van der Waals surface area contributed by atoms with Crippen LogP contribution in [-0.2, 0) is 7.05 Å². The van der Waals surface area contributed by atoms with Gasteiger partial charge >= 0.3 is 0 Å². The Morgan fingerprint density at radius 1 is 1.50 bits per heavy atom. The maximum atomic E-state index is 4.18. The van der Waals surface area contributed by atoms with E-state index in [1.54, 1.807) is 6.33 Å².